The Hall–Kier alpha value is -1.07. The molecule has 2 aromatic rings. The van der Waals surface area contributed by atoms with Crippen molar-refractivity contribution in [3.63, 3.8) is 0 Å². The van der Waals surface area contributed by atoms with E-state index in [9.17, 15) is 0 Å². The van der Waals surface area contributed by atoms with Crippen LogP contribution in [-0.2, 0) is 0 Å². The Morgan fingerprint density at radius 3 is 2.40 bits per heavy atom. The molecule has 15 heavy (non-hydrogen) atoms. The third-order valence-electron chi connectivity index (χ3n) is 1.91. The standard InChI is InChI=1S/C10H10N2OS.BrH/c1-13-8-4-2-7(3-5-8)9-6-14-10(11)12-9;/h2-6H,1H3,(H2,11,12);1H. The molecule has 0 saturated carbocycles. The highest BCUT2D eigenvalue weighted by molar-refractivity contribution is 8.93. The molecule has 1 heterocycles. The van der Waals surface area contributed by atoms with Crippen LogP contribution in [0.5, 0.6) is 5.75 Å². The summed E-state index contributed by atoms with van der Waals surface area (Å²) >= 11 is 1.44. The number of ether oxygens (including phenoxy) is 1. The number of hydrogen-bond donors (Lipinski definition) is 1. The number of nitrogens with two attached hydrogens (primary N) is 1. The highest BCUT2D eigenvalue weighted by atomic mass is 79.9. The van der Waals surface area contributed by atoms with Gasteiger partial charge in [0.2, 0.25) is 0 Å². The van der Waals surface area contributed by atoms with E-state index in [0.29, 0.717) is 5.13 Å². The molecule has 0 aliphatic heterocycles. The lowest BCUT2D eigenvalue weighted by molar-refractivity contribution is 0.415. The summed E-state index contributed by atoms with van der Waals surface area (Å²) in [5, 5.41) is 2.53. The summed E-state index contributed by atoms with van der Waals surface area (Å²) in [6.45, 7) is 0. The monoisotopic (exact) mass is 286 g/mol. The predicted octanol–water partition coefficient (Wildman–Crippen LogP) is 2.98. The van der Waals surface area contributed by atoms with Crippen LogP contribution < -0.4 is 10.5 Å². The van der Waals surface area contributed by atoms with Gasteiger partial charge in [0, 0.05) is 10.9 Å². The number of benzene rings is 1. The number of thiazole rings is 1. The lowest BCUT2D eigenvalue weighted by Gasteiger charge is -2.00. The Balaban J connectivity index is 0.00000112. The number of rotatable bonds is 2. The average Bonchev–Trinajstić information content (AvgIpc) is 2.65. The predicted molar refractivity (Wildman–Crippen MR) is 68.8 cm³/mol. The van der Waals surface area contributed by atoms with Gasteiger partial charge in [-0.25, -0.2) is 4.98 Å². The van der Waals surface area contributed by atoms with E-state index in [-0.39, 0.29) is 17.0 Å². The molecule has 0 bridgehead atoms. The van der Waals surface area contributed by atoms with Gasteiger partial charge in [-0.3, -0.25) is 0 Å². The number of hydrogen-bond acceptors (Lipinski definition) is 4. The first kappa shape index (κ1) is 12.0. The minimum atomic E-state index is 0. The van der Waals surface area contributed by atoms with Crippen LogP contribution in [0.25, 0.3) is 11.3 Å². The van der Waals surface area contributed by atoms with Crippen LogP contribution in [-0.4, -0.2) is 12.1 Å². The van der Waals surface area contributed by atoms with E-state index < -0.39 is 0 Å². The molecule has 5 heteroatoms. The van der Waals surface area contributed by atoms with Gasteiger partial charge in [-0.05, 0) is 24.3 Å². The van der Waals surface area contributed by atoms with Crippen LogP contribution in [0.15, 0.2) is 29.6 Å². The number of nitrogens with zero attached hydrogens (tertiary/aromatic N) is 1. The van der Waals surface area contributed by atoms with E-state index in [1.807, 2.05) is 29.6 Å². The number of halogens is 1. The van der Waals surface area contributed by atoms with Gasteiger partial charge in [0.25, 0.3) is 0 Å². The second kappa shape index (κ2) is 5.14. The van der Waals surface area contributed by atoms with Gasteiger partial charge in [0.1, 0.15) is 5.75 Å². The molecule has 0 amide bonds. The summed E-state index contributed by atoms with van der Waals surface area (Å²) in [5.74, 6) is 0.844. The molecule has 0 aliphatic rings. The third-order valence-corrected chi connectivity index (χ3v) is 2.58. The lowest BCUT2D eigenvalue weighted by atomic mass is 10.2. The summed E-state index contributed by atoms with van der Waals surface area (Å²) in [6, 6.07) is 7.75. The molecule has 80 valence electrons. The van der Waals surface area contributed by atoms with E-state index in [1.54, 1.807) is 7.11 Å². The Kier molecular flexibility index (Phi) is 4.11. The van der Waals surface area contributed by atoms with Gasteiger partial charge in [-0.15, -0.1) is 28.3 Å². The Labute approximate surface area is 103 Å². The maximum atomic E-state index is 5.55. The van der Waals surface area contributed by atoms with Gasteiger partial charge in [0.15, 0.2) is 5.13 Å². The summed E-state index contributed by atoms with van der Waals surface area (Å²) in [5.41, 5.74) is 7.52. The minimum Gasteiger partial charge on any atom is -0.497 e. The van der Waals surface area contributed by atoms with Crippen molar-refractivity contribution in [3.8, 4) is 17.0 Å². The molecule has 2 N–H and O–H groups in total. The van der Waals surface area contributed by atoms with Crippen LogP contribution in [0.4, 0.5) is 5.13 Å². The first-order chi connectivity index (χ1) is 6.79. The molecule has 3 nitrogen and oxygen atoms in total. The van der Waals surface area contributed by atoms with Crippen molar-refractivity contribution >= 4 is 33.4 Å². The molecule has 2 rings (SSSR count). The van der Waals surface area contributed by atoms with E-state index in [0.717, 1.165) is 17.0 Å². The fourth-order valence-corrected chi connectivity index (χ4v) is 1.75. The highest BCUT2D eigenvalue weighted by Crippen LogP contribution is 2.24. The first-order valence-electron chi connectivity index (χ1n) is 4.15. The molecule has 0 saturated heterocycles. The van der Waals surface area contributed by atoms with Crippen LogP contribution in [0.3, 0.4) is 0 Å². The van der Waals surface area contributed by atoms with E-state index in [1.165, 1.54) is 11.3 Å². The quantitative estimate of drug-likeness (QED) is 0.923. The first-order valence-corrected chi connectivity index (χ1v) is 5.03. The molecule has 0 radical (unpaired) electrons. The second-order valence-corrected chi connectivity index (χ2v) is 3.69. The molecule has 0 aliphatic carbocycles. The molecule has 1 aromatic heterocycles. The normalized spacial score (nSPS) is 9.40. The second-order valence-electron chi connectivity index (χ2n) is 2.80. The van der Waals surface area contributed by atoms with Gasteiger partial charge < -0.3 is 10.5 Å². The Morgan fingerprint density at radius 1 is 1.27 bits per heavy atom. The summed E-state index contributed by atoms with van der Waals surface area (Å²) in [4.78, 5) is 4.19. The van der Waals surface area contributed by atoms with Crippen molar-refractivity contribution in [2.75, 3.05) is 12.8 Å². The number of methoxy groups -OCH3 is 1. The number of aromatic nitrogens is 1. The largest absolute Gasteiger partial charge is 0.497 e. The van der Waals surface area contributed by atoms with Crippen molar-refractivity contribution in [1.82, 2.24) is 4.98 Å². The summed E-state index contributed by atoms with van der Waals surface area (Å²) in [7, 11) is 1.65. The fraction of sp³-hybridized carbons (Fsp3) is 0.100. The van der Waals surface area contributed by atoms with Gasteiger partial charge in [0.05, 0.1) is 12.8 Å². The molecule has 0 spiro atoms. The number of anilines is 1. The van der Waals surface area contributed by atoms with Crippen LogP contribution >= 0.6 is 28.3 Å². The maximum absolute atomic E-state index is 5.55. The maximum Gasteiger partial charge on any atom is 0.180 e. The zero-order valence-electron chi connectivity index (χ0n) is 8.14. The summed E-state index contributed by atoms with van der Waals surface area (Å²) in [6.07, 6.45) is 0. The van der Waals surface area contributed by atoms with Crippen molar-refractivity contribution in [1.29, 1.82) is 0 Å². The molecule has 1 aromatic carbocycles. The number of nitrogen functional groups attached to an aromatic ring is 1. The third kappa shape index (κ3) is 2.70. The zero-order chi connectivity index (χ0) is 9.97. The van der Waals surface area contributed by atoms with Gasteiger partial charge in [-0.1, -0.05) is 0 Å². The molecule has 0 unspecified atom stereocenters. The molecule has 0 atom stereocenters. The zero-order valence-corrected chi connectivity index (χ0v) is 10.7. The fourth-order valence-electron chi connectivity index (χ4n) is 1.18. The van der Waals surface area contributed by atoms with Crippen LogP contribution in [0.2, 0.25) is 0 Å². The van der Waals surface area contributed by atoms with E-state index >= 15 is 0 Å². The molecular weight excluding hydrogens is 276 g/mol. The Morgan fingerprint density at radius 2 is 1.93 bits per heavy atom. The SMILES string of the molecule is Br.COc1ccc(-c2csc(N)n2)cc1. The molecule has 0 fully saturated rings. The Bertz CT molecular complexity index is 427. The van der Waals surface area contributed by atoms with Crippen LogP contribution in [0.1, 0.15) is 0 Å². The average molecular weight is 287 g/mol. The lowest BCUT2D eigenvalue weighted by Crippen LogP contribution is -1.84. The van der Waals surface area contributed by atoms with Crippen molar-refractivity contribution in [3.05, 3.63) is 29.6 Å². The summed E-state index contributed by atoms with van der Waals surface area (Å²) < 4.78 is 5.07. The van der Waals surface area contributed by atoms with Gasteiger partial charge in [-0.2, -0.15) is 0 Å². The topological polar surface area (TPSA) is 48.1 Å². The van der Waals surface area contributed by atoms with Crippen molar-refractivity contribution < 1.29 is 4.74 Å². The van der Waals surface area contributed by atoms with Crippen molar-refractivity contribution in [2.24, 2.45) is 0 Å². The highest BCUT2D eigenvalue weighted by Gasteiger charge is 2.01. The minimum absolute atomic E-state index is 0. The van der Waals surface area contributed by atoms with Crippen LogP contribution in [0, 0.1) is 0 Å². The molecular formula is C10H11BrN2OS. The van der Waals surface area contributed by atoms with Gasteiger partial charge >= 0.3 is 0 Å². The van der Waals surface area contributed by atoms with Crippen molar-refractivity contribution in [2.45, 2.75) is 0 Å². The smallest absolute Gasteiger partial charge is 0.180 e. The van der Waals surface area contributed by atoms with E-state index in [4.69, 9.17) is 10.5 Å². The van der Waals surface area contributed by atoms with E-state index in [2.05, 4.69) is 4.98 Å².